The zero-order valence-corrected chi connectivity index (χ0v) is 12.4. The van der Waals surface area contributed by atoms with Crippen molar-refractivity contribution in [3.8, 4) is 0 Å². The average molecular weight is 349 g/mol. The molecule has 0 bridgehead atoms. The van der Waals surface area contributed by atoms with E-state index in [-0.39, 0.29) is 21.3 Å². The SMILES string of the molecule is NN(C(=O)c1ccc(Cl)c(Cl)c1)c1cccc(C(F)(F)F)c1. The lowest BCUT2D eigenvalue weighted by Gasteiger charge is -2.18. The van der Waals surface area contributed by atoms with Crippen LogP contribution >= 0.6 is 23.2 Å². The lowest BCUT2D eigenvalue weighted by Crippen LogP contribution is -2.37. The highest BCUT2D eigenvalue weighted by atomic mass is 35.5. The number of nitrogens with zero attached hydrogens (tertiary/aromatic N) is 1. The fraction of sp³-hybridized carbons (Fsp3) is 0.0714. The molecule has 3 nitrogen and oxygen atoms in total. The van der Waals surface area contributed by atoms with Gasteiger partial charge in [-0.25, -0.2) is 10.9 Å². The molecule has 0 aromatic heterocycles. The summed E-state index contributed by atoms with van der Waals surface area (Å²) in [6, 6.07) is 8.21. The van der Waals surface area contributed by atoms with Gasteiger partial charge in [-0.2, -0.15) is 13.2 Å². The maximum Gasteiger partial charge on any atom is 0.416 e. The summed E-state index contributed by atoms with van der Waals surface area (Å²) < 4.78 is 38.0. The molecule has 0 atom stereocenters. The Morgan fingerprint density at radius 1 is 1.05 bits per heavy atom. The Morgan fingerprint density at radius 3 is 2.32 bits per heavy atom. The highest BCUT2D eigenvalue weighted by molar-refractivity contribution is 6.42. The number of anilines is 1. The molecule has 2 aromatic rings. The Bertz CT molecular complexity index is 719. The first-order valence-corrected chi connectivity index (χ1v) is 6.67. The van der Waals surface area contributed by atoms with Gasteiger partial charge in [0.25, 0.3) is 5.91 Å². The Hall–Kier alpha value is -1.76. The fourth-order valence-electron chi connectivity index (χ4n) is 1.72. The third-order valence-corrected chi connectivity index (χ3v) is 3.58. The maximum absolute atomic E-state index is 12.7. The molecule has 1 amide bonds. The predicted octanol–water partition coefficient (Wildman–Crippen LogP) is 4.53. The van der Waals surface area contributed by atoms with Crippen LogP contribution in [-0.4, -0.2) is 5.91 Å². The lowest BCUT2D eigenvalue weighted by molar-refractivity contribution is -0.137. The van der Waals surface area contributed by atoms with Crippen molar-refractivity contribution in [1.29, 1.82) is 0 Å². The molecule has 0 spiro atoms. The lowest BCUT2D eigenvalue weighted by atomic mass is 10.1. The van der Waals surface area contributed by atoms with Crippen LogP contribution in [0.4, 0.5) is 18.9 Å². The van der Waals surface area contributed by atoms with Crippen LogP contribution in [0.5, 0.6) is 0 Å². The monoisotopic (exact) mass is 348 g/mol. The third kappa shape index (κ3) is 3.52. The van der Waals surface area contributed by atoms with Gasteiger partial charge in [-0.05, 0) is 36.4 Å². The second-order valence-electron chi connectivity index (χ2n) is 4.35. The van der Waals surface area contributed by atoms with Gasteiger partial charge in [0.1, 0.15) is 0 Å². The third-order valence-electron chi connectivity index (χ3n) is 2.84. The quantitative estimate of drug-likeness (QED) is 0.492. The number of hydrazine groups is 1. The van der Waals surface area contributed by atoms with Crippen LogP contribution < -0.4 is 10.9 Å². The summed E-state index contributed by atoms with van der Waals surface area (Å²) >= 11 is 11.5. The molecule has 116 valence electrons. The first-order valence-electron chi connectivity index (χ1n) is 5.91. The Balaban J connectivity index is 2.33. The van der Waals surface area contributed by atoms with Crippen LogP contribution in [0.2, 0.25) is 10.0 Å². The van der Waals surface area contributed by atoms with Crippen molar-refractivity contribution in [2.75, 3.05) is 5.01 Å². The summed E-state index contributed by atoms with van der Waals surface area (Å²) in [4.78, 5) is 12.2. The van der Waals surface area contributed by atoms with Crippen molar-refractivity contribution in [3.63, 3.8) is 0 Å². The van der Waals surface area contributed by atoms with Crippen LogP contribution in [0.25, 0.3) is 0 Å². The Kier molecular flexibility index (Phi) is 4.65. The number of hydrogen-bond acceptors (Lipinski definition) is 2. The summed E-state index contributed by atoms with van der Waals surface area (Å²) in [5, 5.41) is 1.01. The van der Waals surface area contributed by atoms with Crippen LogP contribution in [0.3, 0.4) is 0 Å². The molecule has 0 saturated carbocycles. The smallest absolute Gasteiger partial charge is 0.267 e. The molecule has 0 fully saturated rings. The van der Waals surface area contributed by atoms with Gasteiger partial charge in [-0.3, -0.25) is 4.79 Å². The van der Waals surface area contributed by atoms with E-state index in [2.05, 4.69) is 0 Å². The van der Waals surface area contributed by atoms with E-state index in [1.807, 2.05) is 0 Å². The first-order chi connectivity index (χ1) is 10.2. The van der Waals surface area contributed by atoms with Crippen molar-refractivity contribution in [2.24, 2.45) is 5.84 Å². The zero-order valence-electron chi connectivity index (χ0n) is 10.9. The molecule has 0 aliphatic heterocycles. The largest absolute Gasteiger partial charge is 0.416 e. The minimum absolute atomic E-state index is 0.0918. The molecule has 8 heteroatoms. The molecule has 0 saturated heterocycles. The normalized spacial score (nSPS) is 11.4. The van der Waals surface area contributed by atoms with E-state index in [9.17, 15) is 18.0 Å². The molecule has 0 unspecified atom stereocenters. The molecule has 2 rings (SSSR count). The molecule has 0 aliphatic carbocycles. The van der Waals surface area contributed by atoms with E-state index < -0.39 is 17.6 Å². The summed E-state index contributed by atoms with van der Waals surface area (Å²) in [5.74, 6) is 4.90. The van der Waals surface area contributed by atoms with Gasteiger partial charge in [0.05, 0.1) is 21.3 Å². The van der Waals surface area contributed by atoms with Crippen molar-refractivity contribution >= 4 is 34.8 Å². The van der Waals surface area contributed by atoms with E-state index in [1.54, 1.807) is 0 Å². The van der Waals surface area contributed by atoms with Crippen molar-refractivity contribution in [1.82, 2.24) is 0 Å². The van der Waals surface area contributed by atoms with E-state index in [0.29, 0.717) is 5.01 Å². The van der Waals surface area contributed by atoms with Gasteiger partial charge in [-0.1, -0.05) is 29.3 Å². The zero-order chi connectivity index (χ0) is 16.5. The number of alkyl halides is 3. The van der Waals surface area contributed by atoms with Crippen LogP contribution in [0, 0.1) is 0 Å². The highest BCUT2D eigenvalue weighted by Crippen LogP contribution is 2.31. The summed E-state index contributed by atoms with van der Waals surface area (Å²) in [5.41, 5.74) is -0.886. The molecule has 0 aliphatic rings. The van der Waals surface area contributed by atoms with Gasteiger partial charge in [0.15, 0.2) is 0 Å². The molecular weight excluding hydrogens is 340 g/mol. The van der Waals surface area contributed by atoms with Gasteiger partial charge in [-0.15, -0.1) is 0 Å². The topological polar surface area (TPSA) is 46.3 Å². The van der Waals surface area contributed by atoms with Crippen molar-refractivity contribution in [2.45, 2.75) is 6.18 Å². The van der Waals surface area contributed by atoms with E-state index in [1.165, 1.54) is 30.3 Å². The number of carbonyl (C=O) groups is 1. The highest BCUT2D eigenvalue weighted by Gasteiger charge is 2.31. The average Bonchev–Trinajstić information content (AvgIpc) is 2.48. The van der Waals surface area contributed by atoms with Gasteiger partial charge in [0, 0.05) is 5.56 Å². The molecule has 2 N–H and O–H groups in total. The Morgan fingerprint density at radius 2 is 1.73 bits per heavy atom. The fourth-order valence-corrected chi connectivity index (χ4v) is 2.02. The predicted molar refractivity (Wildman–Crippen MR) is 78.9 cm³/mol. The molecule has 2 aromatic carbocycles. The van der Waals surface area contributed by atoms with Crippen molar-refractivity contribution in [3.05, 3.63) is 63.6 Å². The number of hydrogen-bond donors (Lipinski definition) is 1. The second-order valence-corrected chi connectivity index (χ2v) is 5.17. The number of benzene rings is 2. The molecular formula is C14H9Cl2F3N2O. The summed E-state index contributed by atoms with van der Waals surface area (Å²) in [6.07, 6.45) is -4.52. The van der Waals surface area contributed by atoms with E-state index in [4.69, 9.17) is 29.0 Å². The number of rotatable bonds is 2. The van der Waals surface area contributed by atoms with Crippen LogP contribution in [0.1, 0.15) is 15.9 Å². The molecule has 22 heavy (non-hydrogen) atoms. The van der Waals surface area contributed by atoms with Gasteiger partial charge >= 0.3 is 6.18 Å². The van der Waals surface area contributed by atoms with Crippen LogP contribution in [-0.2, 0) is 6.18 Å². The van der Waals surface area contributed by atoms with Crippen LogP contribution in [0.15, 0.2) is 42.5 Å². The number of carbonyl (C=O) groups excluding carboxylic acids is 1. The maximum atomic E-state index is 12.7. The minimum atomic E-state index is -4.52. The molecule has 0 radical (unpaired) electrons. The molecule has 0 heterocycles. The van der Waals surface area contributed by atoms with Gasteiger partial charge in [0.2, 0.25) is 0 Å². The minimum Gasteiger partial charge on any atom is -0.267 e. The van der Waals surface area contributed by atoms with E-state index >= 15 is 0 Å². The number of nitrogens with two attached hydrogens (primary N) is 1. The summed E-state index contributed by atoms with van der Waals surface area (Å²) in [6.45, 7) is 0. The van der Waals surface area contributed by atoms with Crippen molar-refractivity contribution < 1.29 is 18.0 Å². The summed E-state index contributed by atoms with van der Waals surface area (Å²) in [7, 11) is 0. The first kappa shape index (κ1) is 16.6. The van der Waals surface area contributed by atoms with E-state index in [0.717, 1.165) is 12.1 Å². The standard InChI is InChI=1S/C14H9Cl2F3N2O/c15-11-5-4-8(6-12(11)16)13(22)21(20)10-3-1-2-9(7-10)14(17,18)19/h1-7H,20H2. The number of halogens is 5. The number of amides is 1. The Labute approximate surface area is 134 Å². The second kappa shape index (κ2) is 6.16. The van der Waals surface area contributed by atoms with Gasteiger partial charge < -0.3 is 0 Å².